The number of nitrogens with zero attached hydrogens (tertiary/aromatic N) is 2. The third kappa shape index (κ3) is 3.50. The van der Waals surface area contributed by atoms with E-state index >= 15 is 0 Å². The first-order chi connectivity index (χ1) is 9.81. The summed E-state index contributed by atoms with van der Waals surface area (Å²) in [5.74, 6) is 3.52. The molecule has 4 N–H and O–H groups in total. The lowest BCUT2D eigenvalue weighted by Gasteiger charge is -2.15. The Morgan fingerprint density at radius 3 is 2.57 bits per heavy atom. The summed E-state index contributed by atoms with van der Waals surface area (Å²) in [7, 11) is 0. The first kappa shape index (κ1) is 15.3. The second-order valence-corrected chi connectivity index (χ2v) is 4.28. The van der Waals surface area contributed by atoms with Crippen molar-refractivity contribution in [2.45, 2.75) is 6.18 Å². The van der Waals surface area contributed by atoms with Crippen LogP contribution in [0.2, 0.25) is 5.02 Å². The molecule has 0 radical (unpaired) electrons. The maximum atomic E-state index is 13.5. The molecule has 21 heavy (non-hydrogen) atoms. The maximum absolute atomic E-state index is 13.5. The number of rotatable bonds is 3. The number of anilines is 3. The molecule has 0 saturated heterocycles. The van der Waals surface area contributed by atoms with Crippen LogP contribution in [0.4, 0.5) is 35.0 Å². The number of aromatic nitrogens is 2. The summed E-state index contributed by atoms with van der Waals surface area (Å²) in [4.78, 5) is 7.08. The van der Waals surface area contributed by atoms with E-state index in [0.29, 0.717) is 0 Å². The molecule has 0 spiro atoms. The van der Waals surface area contributed by atoms with Crippen molar-refractivity contribution in [1.29, 1.82) is 0 Å². The van der Waals surface area contributed by atoms with Gasteiger partial charge in [0, 0.05) is 5.02 Å². The van der Waals surface area contributed by atoms with Crippen LogP contribution in [-0.2, 0) is 6.18 Å². The predicted octanol–water partition coefficient (Wildman–Crippen LogP) is 3.32. The molecule has 112 valence electrons. The van der Waals surface area contributed by atoms with Gasteiger partial charge in [-0.15, -0.1) is 0 Å². The van der Waals surface area contributed by atoms with Crippen molar-refractivity contribution in [3.05, 3.63) is 40.8 Å². The molecule has 1 aromatic carbocycles. The summed E-state index contributed by atoms with van der Waals surface area (Å²) in [5, 5.41) is 2.15. The van der Waals surface area contributed by atoms with Crippen LogP contribution in [0.15, 0.2) is 24.4 Å². The van der Waals surface area contributed by atoms with Crippen LogP contribution in [0.5, 0.6) is 0 Å². The molecule has 1 aromatic heterocycles. The number of hydrogen-bond donors (Lipinski definition) is 3. The summed E-state index contributed by atoms with van der Waals surface area (Å²) < 4.78 is 52.3. The Kier molecular flexibility index (Phi) is 4.14. The zero-order chi connectivity index (χ0) is 15.6. The predicted molar refractivity (Wildman–Crippen MR) is 69.5 cm³/mol. The van der Waals surface area contributed by atoms with Crippen molar-refractivity contribution in [1.82, 2.24) is 9.97 Å². The van der Waals surface area contributed by atoms with Crippen molar-refractivity contribution >= 4 is 29.1 Å². The summed E-state index contributed by atoms with van der Waals surface area (Å²) in [6.07, 6.45) is -3.89. The van der Waals surface area contributed by atoms with Gasteiger partial charge in [0.05, 0.1) is 17.4 Å². The number of nitrogens with one attached hydrogen (secondary N) is 2. The van der Waals surface area contributed by atoms with Gasteiger partial charge in [-0.3, -0.25) is 5.43 Å². The van der Waals surface area contributed by atoms with Crippen molar-refractivity contribution in [3.8, 4) is 0 Å². The van der Waals surface area contributed by atoms with Gasteiger partial charge in [0.1, 0.15) is 0 Å². The van der Waals surface area contributed by atoms with E-state index in [4.69, 9.17) is 17.4 Å². The Balaban J connectivity index is 2.45. The van der Waals surface area contributed by atoms with E-state index in [1.165, 1.54) is 6.07 Å². The van der Waals surface area contributed by atoms with Crippen LogP contribution in [0.25, 0.3) is 0 Å². The lowest BCUT2D eigenvalue weighted by Crippen LogP contribution is -2.13. The molecule has 0 bridgehead atoms. The van der Waals surface area contributed by atoms with Crippen LogP contribution < -0.4 is 16.6 Å². The van der Waals surface area contributed by atoms with Gasteiger partial charge in [-0.25, -0.2) is 15.2 Å². The standard InChI is InChI=1S/C11H8ClF4N5/c12-5-1-2-8(6(3-5)11(14,15)16)19-9-7(13)4-18-10(20-9)21-17/h1-4H,17H2,(H2,18,19,20,21). The van der Waals surface area contributed by atoms with Crippen LogP contribution >= 0.6 is 11.6 Å². The van der Waals surface area contributed by atoms with Crippen molar-refractivity contribution < 1.29 is 17.6 Å². The fourth-order valence-electron chi connectivity index (χ4n) is 1.51. The average molecular weight is 322 g/mol. The molecular formula is C11H8ClF4N5. The number of nitrogens with two attached hydrogens (primary N) is 1. The van der Waals surface area contributed by atoms with E-state index < -0.39 is 29.1 Å². The Bertz CT molecular complexity index is 662. The highest BCUT2D eigenvalue weighted by Crippen LogP contribution is 2.37. The zero-order valence-corrected chi connectivity index (χ0v) is 10.9. The van der Waals surface area contributed by atoms with Gasteiger partial charge in [-0.2, -0.15) is 18.2 Å². The number of hydrazine groups is 1. The molecule has 1 heterocycles. The monoisotopic (exact) mass is 321 g/mol. The largest absolute Gasteiger partial charge is 0.418 e. The molecule has 0 amide bonds. The van der Waals surface area contributed by atoms with Crippen LogP contribution in [0.3, 0.4) is 0 Å². The Morgan fingerprint density at radius 2 is 1.95 bits per heavy atom. The van der Waals surface area contributed by atoms with E-state index in [-0.39, 0.29) is 11.0 Å². The first-order valence-electron chi connectivity index (χ1n) is 5.44. The molecule has 0 saturated carbocycles. The van der Waals surface area contributed by atoms with E-state index in [0.717, 1.165) is 18.3 Å². The third-order valence-electron chi connectivity index (χ3n) is 2.41. The highest BCUT2D eigenvalue weighted by Gasteiger charge is 2.34. The van der Waals surface area contributed by atoms with Crippen LogP contribution in [0, 0.1) is 5.82 Å². The Labute approximate surface area is 121 Å². The lowest BCUT2D eigenvalue weighted by atomic mass is 10.1. The Morgan fingerprint density at radius 1 is 1.24 bits per heavy atom. The number of halogens is 5. The average Bonchev–Trinajstić information content (AvgIpc) is 2.42. The molecule has 10 heteroatoms. The number of alkyl halides is 3. The second kappa shape index (κ2) is 5.70. The smallest absolute Gasteiger partial charge is 0.337 e. The van der Waals surface area contributed by atoms with Gasteiger partial charge in [-0.1, -0.05) is 11.6 Å². The molecule has 0 fully saturated rings. The minimum absolute atomic E-state index is 0.0969. The van der Waals surface area contributed by atoms with E-state index in [2.05, 4.69) is 20.7 Å². The Hall–Kier alpha value is -2.13. The molecule has 5 nitrogen and oxygen atoms in total. The van der Waals surface area contributed by atoms with E-state index in [9.17, 15) is 17.6 Å². The summed E-state index contributed by atoms with van der Waals surface area (Å²) in [5.41, 5.74) is 0.620. The highest BCUT2D eigenvalue weighted by atomic mass is 35.5. The fraction of sp³-hybridized carbons (Fsp3) is 0.0909. The highest BCUT2D eigenvalue weighted by molar-refractivity contribution is 6.30. The van der Waals surface area contributed by atoms with Gasteiger partial charge in [-0.05, 0) is 18.2 Å². The molecule has 2 aromatic rings. The summed E-state index contributed by atoms with van der Waals surface area (Å²) in [6, 6.07) is 3.04. The lowest BCUT2D eigenvalue weighted by molar-refractivity contribution is -0.136. The topological polar surface area (TPSA) is 75.9 Å². The summed E-state index contributed by atoms with van der Waals surface area (Å²) >= 11 is 5.55. The quantitative estimate of drug-likeness (QED) is 0.459. The number of benzene rings is 1. The summed E-state index contributed by atoms with van der Waals surface area (Å²) in [6.45, 7) is 0. The molecular weight excluding hydrogens is 314 g/mol. The van der Waals surface area contributed by atoms with Gasteiger partial charge in [0.25, 0.3) is 0 Å². The molecule has 0 aliphatic heterocycles. The van der Waals surface area contributed by atoms with E-state index in [1.807, 2.05) is 0 Å². The van der Waals surface area contributed by atoms with Crippen molar-refractivity contribution in [3.63, 3.8) is 0 Å². The van der Waals surface area contributed by atoms with E-state index in [1.54, 1.807) is 0 Å². The van der Waals surface area contributed by atoms with Crippen LogP contribution in [0.1, 0.15) is 5.56 Å². The molecule has 0 unspecified atom stereocenters. The minimum atomic E-state index is -4.66. The van der Waals surface area contributed by atoms with Gasteiger partial charge < -0.3 is 5.32 Å². The first-order valence-corrected chi connectivity index (χ1v) is 5.82. The minimum Gasteiger partial charge on any atom is -0.337 e. The zero-order valence-electron chi connectivity index (χ0n) is 10.2. The van der Waals surface area contributed by atoms with Crippen molar-refractivity contribution in [2.24, 2.45) is 5.84 Å². The molecule has 0 aliphatic rings. The fourth-order valence-corrected chi connectivity index (χ4v) is 1.68. The molecule has 0 aliphatic carbocycles. The normalized spacial score (nSPS) is 11.3. The van der Waals surface area contributed by atoms with Crippen LogP contribution in [-0.4, -0.2) is 9.97 Å². The SMILES string of the molecule is NNc1ncc(F)c(Nc2ccc(Cl)cc2C(F)(F)F)n1. The van der Waals surface area contributed by atoms with Gasteiger partial charge >= 0.3 is 6.18 Å². The number of hydrogen-bond acceptors (Lipinski definition) is 5. The number of nitrogen functional groups attached to an aromatic ring is 1. The van der Waals surface area contributed by atoms with Gasteiger partial charge in [0.15, 0.2) is 11.6 Å². The van der Waals surface area contributed by atoms with Gasteiger partial charge in [0.2, 0.25) is 5.95 Å². The second-order valence-electron chi connectivity index (χ2n) is 3.85. The molecule has 2 rings (SSSR count). The van der Waals surface area contributed by atoms with Crippen molar-refractivity contribution in [2.75, 3.05) is 10.7 Å². The third-order valence-corrected chi connectivity index (χ3v) is 2.65. The molecule has 0 atom stereocenters. The maximum Gasteiger partial charge on any atom is 0.418 e.